The maximum atomic E-state index is 13.4. The van der Waals surface area contributed by atoms with E-state index in [-0.39, 0.29) is 28.8 Å². The Bertz CT molecular complexity index is 1010. The summed E-state index contributed by atoms with van der Waals surface area (Å²) in [7, 11) is -3.39. The second-order valence-electron chi connectivity index (χ2n) is 9.13. The molecule has 1 heterocycles. The number of nitrogens with zero attached hydrogens (tertiary/aromatic N) is 1. The number of piperidine rings is 1. The van der Waals surface area contributed by atoms with Gasteiger partial charge in [-0.2, -0.15) is 0 Å². The van der Waals surface area contributed by atoms with Crippen molar-refractivity contribution in [2.45, 2.75) is 49.7 Å². The van der Waals surface area contributed by atoms with Crippen molar-refractivity contribution in [2.24, 2.45) is 5.92 Å². The molecule has 5 nitrogen and oxygen atoms in total. The fourth-order valence-electron chi connectivity index (χ4n) is 5.10. The van der Waals surface area contributed by atoms with Gasteiger partial charge in [-0.3, -0.25) is 4.79 Å². The molecular weight excluding hydrogens is 427 g/mol. The van der Waals surface area contributed by atoms with E-state index in [4.69, 9.17) is 0 Å². The first-order valence-electron chi connectivity index (χ1n) is 11.4. The Kier molecular flexibility index (Phi) is 6.96. The molecule has 0 unspecified atom stereocenters. The zero-order valence-corrected chi connectivity index (χ0v) is 19.1. The van der Waals surface area contributed by atoms with Crippen LogP contribution in [0.3, 0.4) is 0 Å². The van der Waals surface area contributed by atoms with Crippen molar-refractivity contribution in [3.8, 4) is 0 Å². The summed E-state index contributed by atoms with van der Waals surface area (Å²) in [5.41, 5.74) is 1.72. The molecule has 2 aromatic carbocycles. The molecule has 4 rings (SSSR count). The highest BCUT2D eigenvalue weighted by atomic mass is 32.2. The van der Waals surface area contributed by atoms with Gasteiger partial charge in [-0.05, 0) is 48.9 Å². The molecule has 1 aliphatic heterocycles. The maximum Gasteiger partial charge on any atom is 0.223 e. The van der Waals surface area contributed by atoms with Gasteiger partial charge in [-0.1, -0.05) is 55.3 Å². The lowest BCUT2D eigenvalue weighted by Crippen LogP contribution is -2.46. The number of nitrogens with one attached hydrogen (secondary N) is 1. The minimum absolute atomic E-state index is 0.00139. The van der Waals surface area contributed by atoms with Crippen LogP contribution in [0.4, 0.5) is 4.39 Å². The molecule has 0 spiro atoms. The Hall–Kier alpha value is -2.25. The third-order valence-electron chi connectivity index (χ3n) is 7.03. The molecule has 1 saturated heterocycles. The van der Waals surface area contributed by atoms with E-state index in [0.29, 0.717) is 32.5 Å². The average Bonchev–Trinajstić information content (AvgIpc) is 3.28. The van der Waals surface area contributed by atoms with Crippen molar-refractivity contribution in [3.05, 3.63) is 71.5 Å². The normalized spacial score (nSPS) is 19.7. The van der Waals surface area contributed by atoms with Crippen molar-refractivity contribution in [1.82, 2.24) is 9.62 Å². The van der Waals surface area contributed by atoms with Crippen molar-refractivity contribution in [2.75, 3.05) is 19.6 Å². The number of carbonyl (C=O) groups excluding carboxylic acids is 1. The van der Waals surface area contributed by atoms with Gasteiger partial charge in [0.25, 0.3) is 0 Å². The van der Waals surface area contributed by atoms with E-state index in [1.165, 1.54) is 16.4 Å². The summed E-state index contributed by atoms with van der Waals surface area (Å²) in [6, 6.07) is 15.8. The lowest BCUT2D eigenvalue weighted by atomic mass is 9.78. The molecule has 0 aromatic heterocycles. The van der Waals surface area contributed by atoms with Gasteiger partial charge in [-0.15, -0.1) is 0 Å². The van der Waals surface area contributed by atoms with Gasteiger partial charge < -0.3 is 5.32 Å². The number of halogens is 1. The Balaban J connectivity index is 1.32. The maximum absolute atomic E-state index is 13.4. The number of hydrogen-bond donors (Lipinski definition) is 1. The van der Waals surface area contributed by atoms with Crippen LogP contribution >= 0.6 is 0 Å². The first kappa shape index (κ1) is 22.9. The Labute approximate surface area is 190 Å². The number of sulfonamides is 1. The van der Waals surface area contributed by atoms with Crippen molar-refractivity contribution in [3.63, 3.8) is 0 Å². The number of carbonyl (C=O) groups is 1. The van der Waals surface area contributed by atoms with Crippen LogP contribution < -0.4 is 5.32 Å². The van der Waals surface area contributed by atoms with E-state index in [1.807, 2.05) is 42.5 Å². The van der Waals surface area contributed by atoms with Crippen LogP contribution in [-0.2, 0) is 26.0 Å². The first-order chi connectivity index (χ1) is 15.4. The summed E-state index contributed by atoms with van der Waals surface area (Å²) in [5, 5.41) is 3.14. The van der Waals surface area contributed by atoms with Gasteiger partial charge in [0.2, 0.25) is 15.9 Å². The van der Waals surface area contributed by atoms with E-state index >= 15 is 0 Å². The molecule has 0 bridgehead atoms. The van der Waals surface area contributed by atoms with E-state index in [2.05, 4.69) is 5.32 Å². The van der Waals surface area contributed by atoms with Gasteiger partial charge >= 0.3 is 0 Å². The Morgan fingerprint density at radius 1 is 1.00 bits per heavy atom. The number of rotatable bonds is 7. The predicted molar refractivity (Wildman–Crippen MR) is 123 cm³/mol. The van der Waals surface area contributed by atoms with Crippen molar-refractivity contribution < 1.29 is 17.6 Å². The predicted octanol–water partition coefficient (Wildman–Crippen LogP) is 4.00. The monoisotopic (exact) mass is 458 g/mol. The summed E-state index contributed by atoms with van der Waals surface area (Å²) in [6.07, 6.45) is 5.23. The van der Waals surface area contributed by atoms with Gasteiger partial charge in [0.15, 0.2) is 0 Å². The van der Waals surface area contributed by atoms with Crippen LogP contribution in [0.25, 0.3) is 0 Å². The Morgan fingerprint density at radius 2 is 1.62 bits per heavy atom. The van der Waals surface area contributed by atoms with E-state index in [1.54, 1.807) is 0 Å². The minimum atomic E-state index is -3.39. The smallest absolute Gasteiger partial charge is 0.223 e. The molecule has 32 heavy (non-hydrogen) atoms. The minimum Gasteiger partial charge on any atom is -0.355 e. The van der Waals surface area contributed by atoms with E-state index in [0.717, 1.165) is 36.8 Å². The van der Waals surface area contributed by atoms with Crippen molar-refractivity contribution >= 4 is 15.9 Å². The molecule has 1 N–H and O–H groups in total. The Morgan fingerprint density at radius 3 is 2.25 bits per heavy atom. The number of amides is 1. The quantitative estimate of drug-likeness (QED) is 0.682. The van der Waals surface area contributed by atoms with Crippen molar-refractivity contribution in [1.29, 1.82) is 0 Å². The molecule has 172 valence electrons. The van der Waals surface area contributed by atoms with Crippen LogP contribution in [0.5, 0.6) is 0 Å². The summed E-state index contributed by atoms with van der Waals surface area (Å²) in [6.45, 7) is 1.29. The van der Waals surface area contributed by atoms with Crippen LogP contribution in [0, 0.1) is 11.7 Å². The highest BCUT2D eigenvalue weighted by molar-refractivity contribution is 7.88. The van der Waals surface area contributed by atoms with Gasteiger partial charge in [-0.25, -0.2) is 17.1 Å². The second kappa shape index (κ2) is 9.71. The summed E-state index contributed by atoms with van der Waals surface area (Å²) < 4.78 is 40.4. The third kappa shape index (κ3) is 5.21. The third-order valence-corrected chi connectivity index (χ3v) is 8.88. The van der Waals surface area contributed by atoms with Crippen LogP contribution in [0.1, 0.15) is 49.7 Å². The highest BCUT2D eigenvalue weighted by Gasteiger charge is 2.37. The molecular formula is C25H31FN2O3S. The fraction of sp³-hybridized carbons (Fsp3) is 0.480. The topological polar surface area (TPSA) is 66.5 Å². The SMILES string of the molecule is O=C(NCC1(c2ccc(F)cc2)CCCC1)C1CCN(S(=O)(=O)Cc2ccccc2)CC1. The first-order valence-corrected chi connectivity index (χ1v) is 13.0. The molecule has 1 saturated carbocycles. The average molecular weight is 459 g/mol. The van der Waals surface area contributed by atoms with Crippen LogP contribution in [-0.4, -0.2) is 38.3 Å². The van der Waals surface area contributed by atoms with Crippen LogP contribution in [0.2, 0.25) is 0 Å². The summed E-state index contributed by atoms with van der Waals surface area (Å²) in [5.74, 6) is -0.437. The molecule has 2 fully saturated rings. The van der Waals surface area contributed by atoms with Gasteiger partial charge in [0.05, 0.1) is 5.75 Å². The molecule has 2 aliphatic rings. The highest BCUT2D eigenvalue weighted by Crippen LogP contribution is 2.40. The fourth-order valence-corrected chi connectivity index (χ4v) is 6.66. The lowest BCUT2D eigenvalue weighted by molar-refractivity contribution is -0.126. The molecule has 1 amide bonds. The lowest BCUT2D eigenvalue weighted by Gasteiger charge is -2.33. The summed E-state index contributed by atoms with van der Waals surface area (Å²) in [4.78, 5) is 12.9. The molecule has 0 atom stereocenters. The number of hydrogen-bond acceptors (Lipinski definition) is 3. The standard InChI is InChI=1S/C25H31FN2O3S/c26-23-10-8-22(9-11-23)25(14-4-5-15-25)19-27-24(29)21-12-16-28(17-13-21)32(30,31)18-20-6-2-1-3-7-20/h1-3,6-11,21H,4-5,12-19H2,(H,27,29). The van der Waals surface area contributed by atoms with Gasteiger partial charge in [0, 0.05) is 31.0 Å². The summed E-state index contributed by atoms with van der Waals surface area (Å²) >= 11 is 0. The number of benzene rings is 2. The molecule has 0 radical (unpaired) electrons. The second-order valence-corrected chi connectivity index (χ2v) is 11.1. The zero-order chi connectivity index (χ0) is 22.6. The molecule has 1 aliphatic carbocycles. The molecule has 7 heteroatoms. The van der Waals surface area contributed by atoms with Crippen LogP contribution in [0.15, 0.2) is 54.6 Å². The van der Waals surface area contributed by atoms with E-state index in [9.17, 15) is 17.6 Å². The van der Waals surface area contributed by atoms with Gasteiger partial charge in [0.1, 0.15) is 5.82 Å². The van der Waals surface area contributed by atoms with E-state index < -0.39 is 10.0 Å². The zero-order valence-electron chi connectivity index (χ0n) is 18.3. The molecule has 2 aromatic rings. The largest absolute Gasteiger partial charge is 0.355 e.